The number of phenolic OH excluding ortho intramolecular Hbond substituents is 1. The summed E-state index contributed by atoms with van der Waals surface area (Å²) < 4.78 is 0. The molecule has 0 radical (unpaired) electrons. The first kappa shape index (κ1) is 20.5. The third kappa shape index (κ3) is 4.20. The lowest BCUT2D eigenvalue weighted by Crippen LogP contribution is -2.52. The van der Waals surface area contributed by atoms with Crippen molar-refractivity contribution in [1.82, 2.24) is 15.1 Å². The maximum atomic E-state index is 12.2. The van der Waals surface area contributed by atoms with E-state index < -0.39 is 11.9 Å². The average Bonchev–Trinajstić information content (AvgIpc) is 3.28. The Labute approximate surface area is 182 Å². The van der Waals surface area contributed by atoms with Gasteiger partial charge in [0.25, 0.3) is 5.91 Å². The number of hydrogen-bond acceptors (Lipinski definition) is 5. The summed E-state index contributed by atoms with van der Waals surface area (Å²) in [5, 5.41) is 11.7. The first-order valence-corrected chi connectivity index (χ1v) is 11.7. The SMILES string of the molecule is C1CCC(N2CC(C3CC3)C2)C1.O=C1CCC(N2Cc3cc(O)ccc3C2=O)C(=O)N1. The Kier molecular flexibility index (Phi) is 5.46. The van der Waals surface area contributed by atoms with E-state index in [9.17, 15) is 19.5 Å². The average molecular weight is 426 g/mol. The number of rotatable bonds is 3. The summed E-state index contributed by atoms with van der Waals surface area (Å²) in [7, 11) is 0. The Hall–Kier alpha value is -2.41. The minimum atomic E-state index is -0.611. The van der Waals surface area contributed by atoms with Gasteiger partial charge < -0.3 is 10.0 Å². The third-order valence-corrected chi connectivity index (χ3v) is 7.57. The molecule has 166 valence electrons. The van der Waals surface area contributed by atoms with Gasteiger partial charge in [-0.15, -0.1) is 0 Å². The second kappa shape index (κ2) is 8.26. The van der Waals surface area contributed by atoms with E-state index in [0.29, 0.717) is 17.5 Å². The van der Waals surface area contributed by atoms with E-state index in [1.54, 1.807) is 18.9 Å². The van der Waals surface area contributed by atoms with Gasteiger partial charge in [0.05, 0.1) is 0 Å². The molecule has 0 bridgehead atoms. The number of hydrogen-bond donors (Lipinski definition) is 2. The number of benzene rings is 1. The van der Waals surface area contributed by atoms with Crippen molar-refractivity contribution in [2.45, 2.75) is 70.0 Å². The summed E-state index contributed by atoms with van der Waals surface area (Å²) in [6.07, 6.45) is 9.66. The van der Waals surface area contributed by atoms with Gasteiger partial charge in [0.15, 0.2) is 0 Å². The van der Waals surface area contributed by atoms with Crippen molar-refractivity contribution in [1.29, 1.82) is 0 Å². The lowest BCUT2D eigenvalue weighted by Gasteiger charge is -2.43. The first-order valence-electron chi connectivity index (χ1n) is 11.7. The molecule has 2 N–H and O–H groups in total. The van der Waals surface area contributed by atoms with Crippen molar-refractivity contribution in [2.75, 3.05) is 13.1 Å². The van der Waals surface area contributed by atoms with Gasteiger partial charge in [0.1, 0.15) is 11.8 Å². The lowest BCUT2D eigenvalue weighted by molar-refractivity contribution is -0.136. The lowest BCUT2D eigenvalue weighted by atomic mass is 9.92. The molecule has 1 aromatic carbocycles. The summed E-state index contributed by atoms with van der Waals surface area (Å²) in [6.45, 7) is 3.19. The molecule has 3 heterocycles. The van der Waals surface area contributed by atoms with Gasteiger partial charge in [-0.25, -0.2) is 0 Å². The van der Waals surface area contributed by atoms with Gasteiger partial charge in [0, 0.05) is 37.7 Å². The van der Waals surface area contributed by atoms with E-state index in [2.05, 4.69) is 10.2 Å². The number of nitrogens with zero attached hydrogens (tertiary/aromatic N) is 2. The van der Waals surface area contributed by atoms with Crippen LogP contribution in [0.2, 0.25) is 0 Å². The molecule has 4 fully saturated rings. The Morgan fingerprint density at radius 2 is 1.68 bits per heavy atom. The molecule has 0 spiro atoms. The molecule has 3 amide bonds. The van der Waals surface area contributed by atoms with Crippen LogP contribution in [0.5, 0.6) is 5.75 Å². The standard InChI is InChI=1S/C13H12N2O4.C11H19N/c16-8-1-2-9-7(5-8)6-15(13(9)19)10-3-4-11(17)14-12(10)18;1-2-4-11(3-1)12-7-10(8-12)9-5-6-9/h1-2,5,10,16H,3-4,6H2,(H,14,17,18);9-11H,1-8H2. The van der Waals surface area contributed by atoms with Crippen LogP contribution in [0.25, 0.3) is 0 Å². The largest absolute Gasteiger partial charge is 0.508 e. The fraction of sp³-hybridized carbons (Fsp3) is 0.625. The molecule has 7 heteroatoms. The monoisotopic (exact) mass is 425 g/mol. The molecule has 6 rings (SSSR count). The molecule has 5 aliphatic rings. The Morgan fingerprint density at radius 3 is 2.35 bits per heavy atom. The van der Waals surface area contributed by atoms with Crippen LogP contribution in [0.15, 0.2) is 18.2 Å². The van der Waals surface area contributed by atoms with Crippen LogP contribution < -0.4 is 5.32 Å². The molecular formula is C24H31N3O4. The highest BCUT2D eigenvalue weighted by molar-refractivity contribution is 6.05. The zero-order chi connectivity index (χ0) is 21.5. The van der Waals surface area contributed by atoms with Crippen LogP contribution in [0.4, 0.5) is 0 Å². The molecule has 3 aliphatic heterocycles. The molecule has 1 atom stereocenters. The highest BCUT2D eigenvalue weighted by Gasteiger charge is 2.42. The van der Waals surface area contributed by atoms with Gasteiger partial charge in [-0.05, 0) is 67.7 Å². The number of phenols is 1. The number of nitrogens with one attached hydrogen (secondary N) is 1. The molecule has 0 aromatic heterocycles. The van der Waals surface area contributed by atoms with Gasteiger partial charge in [0.2, 0.25) is 11.8 Å². The minimum absolute atomic E-state index is 0.0941. The Bertz CT molecular complexity index is 885. The van der Waals surface area contributed by atoms with E-state index >= 15 is 0 Å². The number of carbonyl (C=O) groups is 3. The minimum Gasteiger partial charge on any atom is -0.508 e. The molecule has 2 saturated heterocycles. The van der Waals surface area contributed by atoms with E-state index in [1.165, 1.54) is 55.8 Å². The van der Waals surface area contributed by atoms with Crippen molar-refractivity contribution in [3.05, 3.63) is 29.3 Å². The zero-order valence-corrected chi connectivity index (χ0v) is 17.9. The van der Waals surface area contributed by atoms with Crippen LogP contribution in [0.3, 0.4) is 0 Å². The summed E-state index contributed by atoms with van der Waals surface area (Å²) in [6, 6.07) is 4.92. The van der Waals surface area contributed by atoms with Crippen molar-refractivity contribution in [2.24, 2.45) is 11.8 Å². The van der Waals surface area contributed by atoms with Crippen LogP contribution in [-0.2, 0) is 16.1 Å². The molecular weight excluding hydrogens is 394 g/mol. The van der Waals surface area contributed by atoms with Crippen LogP contribution in [0.1, 0.15) is 67.3 Å². The normalized spacial score (nSPS) is 26.9. The van der Waals surface area contributed by atoms with E-state index in [0.717, 1.165) is 17.9 Å². The van der Waals surface area contributed by atoms with Gasteiger partial charge >= 0.3 is 0 Å². The predicted octanol–water partition coefficient (Wildman–Crippen LogP) is 2.42. The number of fused-ring (bicyclic) bond motifs is 1. The second-order valence-electron chi connectivity index (χ2n) is 9.73. The summed E-state index contributed by atoms with van der Waals surface area (Å²) in [5.41, 5.74) is 1.21. The summed E-state index contributed by atoms with van der Waals surface area (Å²) in [5.74, 6) is 1.40. The van der Waals surface area contributed by atoms with Gasteiger partial charge in [-0.1, -0.05) is 12.8 Å². The predicted molar refractivity (Wildman–Crippen MR) is 114 cm³/mol. The molecule has 2 saturated carbocycles. The highest BCUT2D eigenvalue weighted by Crippen LogP contribution is 2.43. The van der Waals surface area contributed by atoms with Crippen molar-refractivity contribution in [3.63, 3.8) is 0 Å². The van der Waals surface area contributed by atoms with Crippen molar-refractivity contribution < 1.29 is 19.5 Å². The van der Waals surface area contributed by atoms with Crippen LogP contribution >= 0.6 is 0 Å². The first-order chi connectivity index (χ1) is 15.0. The van der Waals surface area contributed by atoms with Crippen molar-refractivity contribution >= 4 is 17.7 Å². The maximum absolute atomic E-state index is 12.2. The number of aromatic hydroxyl groups is 1. The summed E-state index contributed by atoms with van der Waals surface area (Å²) >= 11 is 0. The fourth-order valence-corrected chi connectivity index (χ4v) is 5.54. The number of imide groups is 1. The molecule has 31 heavy (non-hydrogen) atoms. The van der Waals surface area contributed by atoms with Crippen LogP contribution in [0, 0.1) is 11.8 Å². The van der Waals surface area contributed by atoms with Crippen molar-refractivity contribution in [3.8, 4) is 5.75 Å². The molecule has 7 nitrogen and oxygen atoms in total. The van der Waals surface area contributed by atoms with E-state index in [-0.39, 0.29) is 30.5 Å². The van der Waals surface area contributed by atoms with E-state index in [1.807, 2.05) is 0 Å². The fourth-order valence-electron chi connectivity index (χ4n) is 5.54. The maximum Gasteiger partial charge on any atom is 0.255 e. The van der Waals surface area contributed by atoms with Gasteiger partial charge in [-0.2, -0.15) is 0 Å². The highest BCUT2D eigenvalue weighted by atomic mass is 16.3. The quantitative estimate of drug-likeness (QED) is 0.726. The summed E-state index contributed by atoms with van der Waals surface area (Å²) in [4.78, 5) is 39.3. The van der Waals surface area contributed by atoms with Crippen LogP contribution in [-0.4, -0.2) is 57.8 Å². The number of carbonyl (C=O) groups excluding carboxylic acids is 3. The number of amides is 3. The van der Waals surface area contributed by atoms with E-state index in [4.69, 9.17) is 0 Å². The van der Waals surface area contributed by atoms with Gasteiger partial charge in [-0.3, -0.25) is 24.6 Å². The Morgan fingerprint density at radius 1 is 0.935 bits per heavy atom. The topological polar surface area (TPSA) is 90.0 Å². The number of likely N-dealkylation sites (tertiary alicyclic amines) is 1. The molecule has 1 aromatic rings. The smallest absolute Gasteiger partial charge is 0.255 e. The molecule has 2 aliphatic carbocycles. The number of piperidine rings is 1. The third-order valence-electron chi connectivity index (χ3n) is 7.57. The second-order valence-corrected chi connectivity index (χ2v) is 9.73. The Balaban J connectivity index is 0.000000145. The zero-order valence-electron chi connectivity index (χ0n) is 17.9. The molecule has 1 unspecified atom stereocenters.